The van der Waals surface area contributed by atoms with Crippen LogP contribution in [-0.4, -0.2) is 62.2 Å². The highest BCUT2D eigenvalue weighted by atomic mass is 16.2. The molecule has 2 aromatic rings. The summed E-state index contributed by atoms with van der Waals surface area (Å²) in [6, 6.07) is 3.49. The lowest BCUT2D eigenvalue weighted by Gasteiger charge is -2.50. The number of ketones is 1. The van der Waals surface area contributed by atoms with E-state index in [1.165, 1.54) is 5.69 Å². The number of hydrogen-bond acceptors (Lipinski definition) is 4. The number of nitrogens with zero attached hydrogens (tertiary/aromatic N) is 4. The van der Waals surface area contributed by atoms with Gasteiger partial charge < -0.3 is 14.5 Å². The van der Waals surface area contributed by atoms with E-state index in [0.29, 0.717) is 18.8 Å². The summed E-state index contributed by atoms with van der Waals surface area (Å²) in [6.07, 6.45) is 7.30. The van der Waals surface area contributed by atoms with Crippen LogP contribution in [-0.2, 0) is 23.8 Å². The van der Waals surface area contributed by atoms with Crippen molar-refractivity contribution in [1.82, 2.24) is 24.3 Å². The number of aryl methyl sites for hydroxylation is 1. The van der Waals surface area contributed by atoms with Crippen molar-refractivity contribution in [3.05, 3.63) is 41.7 Å². The zero-order valence-electron chi connectivity index (χ0n) is 16.1. The van der Waals surface area contributed by atoms with Crippen LogP contribution in [0.25, 0.3) is 0 Å². The number of amides is 1. The lowest BCUT2D eigenvalue weighted by atomic mass is 9.78. The van der Waals surface area contributed by atoms with Crippen LogP contribution in [0.4, 0.5) is 0 Å². The molecule has 4 heterocycles. The van der Waals surface area contributed by atoms with E-state index in [-0.39, 0.29) is 5.54 Å². The third-order valence-corrected chi connectivity index (χ3v) is 6.14. The molecule has 0 aromatic carbocycles. The first-order chi connectivity index (χ1) is 13.1. The zero-order valence-corrected chi connectivity index (χ0v) is 16.1. The van der Waals surface area contributed by atoms with Gasteiger partial charge in [0.15, 0.2) is 0 Å². The van der Waals surface area contributed by atoms with E-state index in [1.807, 2.05) is 0 Å². The molecule has 27 heavy (non-hydrogen) atoms. The molecule has 1 saturated heterocycles. The molecule has 1 fully saturated rings. The summed E-state index contributed by atoms with van der Waals surface area (Å²) in [5.41, 5.74) is 2.69. The van der Waals surface area contributed by atoms with Crippen molar-refractivity contribution in [2.45, 2.75) is 38.1 Å². The summed E-state index contributed by atoms with van der Waals surface area (Å²) in [6.45, 7) is 5.41. The second-order valence-electron chi connectivity index (χ2n) is 7.62. The highest BCUT2D eigenvalue weighted by molar-refractivity contribution is 6.42. The van der Waals surface area contributed by atoms with Crippen LogP contribution in [0.1, 0.15) is 48.1 Å². The molecule has 4 rings (SSSR count). The Morgan fingerprint density at radius 3 is 2.70 bits per heavy atom. The van der Waals surface area contributed by atoms with E-state index in [4.69, 9.17) is 0 Å². The molecule has 2 aliphatic rings. The molecular weight excluding hydrogens is 342 g/mol. The molecule has 0 aliphatic carbocycles. The number of hydrogen-bond donors (Lipinski definition) is 1. The van der Waals surface area contributed by atoms with Gasteiger partial charge in [0.05, 0.1) is 23.3 Å². The first-order valence-electron chi connectivity index (χ1n) is 9.79. The lowest BCUT2D eigenvalue weighted by molar-refractivity contribution is -0.129. The van der Waals surface area contributed by atoms with E-state index in [1.54, 1.807) is 41.2 Å². The van der Waals surface area contributed by atoms with Crippen molar-refractivity contribution in [2.24, 2.45) is 7.05 Å². The summed E-state index contributed by atoms with van der Waals surface area (Å²) in [7, 11) is 1.79. The van der Waals surface area contributed by atoms with E-state index in [2.05, 4.69) is 21.8 Å². The molecule has 144 valence electrons. The number of Topliss-reactive ketones (excluding diaryl/α,β-unsaturated/α-hetero) is 1. The van der Waals surface area contributed by atoms with Crippen LogP contribution in [0.5, 0.6) is 0 Å². The standard InChI is InChI=1S/C20H27N5O2/c1-3-9-25-11-6-15-18(22-14-21-15)20(25)7-12-24(13-8-20)19(27)17(26)16-5-4-10-23(16)2/h4-5,10,14H,3,6-9,11-13H2,1-2H3,(H,21,22). The van der Waals surface area contributed by atoms with Crippen LogP contribution in [0.15, 0.2) is 24.7 Å². The minimum absolute atomic E-state index is 0.117. The van der Waals surface area contributed by atoms with E-state index >= 15 is 0 Å². The number of piperidine rings is 1. The maximum Gasteiger partial charge on any atom is 0.296 e. The van der Waals surface area contributed by atoms with E-state index in [9.17, 15) is 9.59 Å². The molecule has 0 unspecified atom stereocenters. The Balaban J connectivity index is 1.53. The van der Waals surface area contributed by atoms with Gasteiger partial charge in [-0.25, -0.2) is 4.98 Å². The van der Waals surface area contributed by atoms with Crippen molar-refractivity contribution in [2.75, 3.05) is 26.2 Å². The van der Waals surface area contributed by atoms with E-state index in [0.717, 1.165) is 44.5 Å². The van der Waals surface area contributed by atoms with Crippen molar-refractivity contribution in [1.29, 1.82) is 0 Å². The van der Waals surface area contributed by atoms with Gasteiger partial charge in [-0.1, -0.05) is 6.92 Å². The lowest BCUT2D eigenvalue weighted by Crippen LogP contribution is -2.57. The van der Waals surface area contributed by atoms with Crippen LogP contribution in [0.2, 0.25) is 0 Å². The largest absolute Gasteiger partial charge is 0.348 e. The predicted octanol–water partition coefficient (Wildman–Crippen LogP) is 1.72. The first-order valence-corrected chi connectivity index (χ1v) is 9.79. The normalized spacial score (nSPS) is 19.3. The number of carbonyl (C=O) groups excluding carboxylic acids is 2. The maximum atomic E-state index is 12.8. The van der Waals surface area contributed by atoms with Crippen molar-refractivity contribution < 1.29 is 9.59 Å². The number of aromatic amines is 1. The van der Waals surface area contributed by atoms with Crippen molar-refractivity contribution in [3.63, 3.8) is 0 Å². The number of carbonyl (C=O) groups is 2. The fourth-order valence-corrected chi connectivity index (χ4v) is 4.70. The summed E-state index contributed by atoms with van der Waals surface area (Å²) < 4.78 is 1.70. The van der Waals surface area contributed by atoms with Gasteiger partial charge in [-0.05, 0) is 37.9 Å². The van der Waals surface area contributed by atoms with Gasteiger partial charge in [0.1, 0.15) is 0 Å². The topological polar surface area (TPSA) is 74.2 Å². The number of aromatic nitrogens is 3. The van der Waals surface area contributed by atoms with E-state index < -0.39 is 11.7 Å². The molecule has 0 radical (unpaired) electrons. The monoisotopic (exact) mass is 369 g/mol. The highest BCUT2D eigenvalue weighted by Crippen LogP contribution is 2.42. The van der Waals surface area contributed by atoms with Crippen LogP contribution < -0.4 is 0 Å². The van der Waals surface area contributed by atoms with Gasteiger partial charge in [0.25, 0.3) is 11.7 Å². The van der Waals surface area contributed by atoms with Crippen LogP contribution >= 0.6 is 0 Å². The molecule has 0 bridgehead atoms. The zero-order chi connectivity index (χ0) is 19.0. The van der Waals surface area contributed by atoms with Gasteiger partial charge >= 0.3 is 0 Å². The molecule has 2 aliphatic heterocycles. The van der Waals surface area contributed by atoms with Gasteiger partial charge in [-0.2, -0.15) is 0 Å². The van der Waals surface area contributed by atoms with Crippen molar-refractivity contribution in [3.8, 4) is 0 Å². The molecule has 0 saturated carbocycles. The highest BCUT2D eigenvalue weighted by Gasteiger charge is 2.47. The molecule has 2 aromatic heterocycles. The number of likely N-dealkylation sites (tertiary alicyclic amines) is 1. The molecule has 1 spiro atoms. The maximum absolute atomic E-state index is 12.8. The Bertz CT molecular complexity index is 844. The summed E-state index contributed by atoms with van der Waals surface area (Å²) in [5.74, 6) is -0.820. The Kier molecular flexibility index (Phi) is 4.63. The number of imidazole rings is 1. The fraction of sp³-hybridized carbons (Fsp3) is 0.550. The molecule has 7 heteroatoms. The number of H-pyrrole nitrogens is 1. The predicted molar refractivity (Wildman–Crippen MR) is 101 cm³/mol. The smallest absolute Gasteiger partial charge is 0.296 e. The van der Waals surface area contributed by atoms with Crippen LogP contribution in [0, 0.1) is 0 Å². The Labute approximate surface area is 159 Å². The van der Waals surface area contributed by atoms with Gasteiger partial charge in [-0.3, -0.25) is 14.5 Å². The third-order valence-electron chi connectivity index (χ3n) is 6.14. The Morgan fingerprint density at radius 1 is 1.26 bits per heavy atom. The minimum Gasteiger partial charge on any atom is -0.348 e. The van der Waals surface area contributed by atoms with Crippen LogP contribution in [0.3, 0.4) is 0 Å². The number of nitrogens with one attached hydrogen (secondary N) is 1. The summed E-state index contributed by atoms with van der Waals surface area (Å²) in [5, 5.41) is 0. The minimum atomic E-state index is -0.423. The average molecular weight is 369 g/mol. The number of rotatable bonds is 4. The Hall–Kier alpha value is -2.41. The third kappa shape index (κ3) is 2.90. The van der Waals surface area contributed by atoms with Gasteiger partial charge in [0, 0.05) is 45.0 Å². The molecular formula is C20H27N5O2. The number of fused-ring (bicyclic) bond motifs is 2. The van der Waals surface area contributed by atoms with Crippen molar-refractivity contribution >= 4 is 11.7 Å². The second kappa shape index (κ2) is 6.96. The van der Waals surface area contributed by atoms with Gasteiger partial charge in [0.2, 0.25) is 0 Å². The molecule has 1 amide bonds. The Morgan fingerprint density at radius 2 is 2.04 bits per heavy atom. The first kappa shape index (κ1) is 18.0. The fourth-order valence-electron chi connectivity index (χ4n) is 4.70. The SMILES string of the molecule is CCCN1CCc2[nH]cnc2C12CCN(C(=O)C(=O)c1cccn1C)CC2. The molecule has 7 nitrogen and oxygen atoms in total. The molecule has 1 N–H and O–H groups in total. The van der Waals surface area contributed by atoms with Gasteiger partial charge in [-0.15, -0.1) is 0 Å². The summed E-state index contributed by atoms with van der Waals surface area (Å²) in [4.78, 5) is 37.5. The summed E-state index contributed by atoms with van der Waals surface area (Å²) >= 11 is 0. The average Bonchev–Trinajstić information content (AvgIpc) is 3.33. The molecule has 0 atom stereocenters. The second-order valence-corrected chi connectivity index (χ2v) is 7.62. The quantitative estimate of drug-likeness (QED) is 0.658.